The summed E-state index contributed by atoms with van der Waals surface area (Å²) in [5, 5.41) is 3.47. The van der Waals surface area contributed by atoms with Gasteiger partial charge in [-0.05, 0) is 32.0 Å². The monoisotopic (exact) mass is 482 g/mol. The zero-order valence-electron chi connectivity index (χ0n) is 17.4. The fourth-order valence-electron chi connectivity index (χ4n) is 3.19. The van der Waals surface area contributed by atoms with Gasteiger partial charge in [-0.1, -0.05) is 0 Å². The molecule has 3 aromatic heterocycles. The van der Waals surface area contributed by atoms with Crippen LogP contribution in [0.25, 0.3) is 10.6 Å². The van der Waals surface area contributed by atoms with Gasteiger partial charge < -0.3 is 10.1 Å². The van der Waals surface area contributed by atoms with Gasteiger partial charge in [0.05, 0.1) is 6.04 Å². The predicted octanol–water partition coefficient (Wildman–Crippen LogP) is 4.87. The number of halogens is 4. The van der Waals surface area contributed by atoms with E-state index in [1.165, 1.54) is 36.6 Å². The van der Waals surface area contributed by atoms with Crippen molar-refractivity contribution >= 4 is 29.2 Å². The highest BCUT2D eigenvalue weighted by atomic mass is 32.1. The lowest BCUT2D eigenvalue weighted by Crippen LogP contribution is -2.39. The van der Waals surface area contributed by atoms with E-state index in [1.807, 2.05) is 0 Å². The van der Waals surface area contributed by atoms with Crippen LogP contribution in [-0.4, -0.2) is 44.8 Å². The minimum atomic E-state index is -4.55. The number of nitrogens with one attached hydrogen (secondary N) is 1. The minimum Gasteiger partial charge on any atom is -0.447 e. The number of carbonyl (C=O) groups is 1. The summed E-state index contributed by atoms with van der Waals surface area (Å²) in [5.74, 6) is 0.376. The number of pyridine rings is 1. The van der Waals surface area contributed by atoms with Crippen LogP contribution in [0, 0.1) is 0 Å². The zero-order chi connectivity index (χ0) is 23.8. The highest BCUT2D eigenvalue weighted by Crippen LogP contribution is 2.34. The van der Waals surface area contributed by atoms with Crippen molar-refractivity contribution in [2.45, 2.75) is 38.3 Å². The molecule has 174 valence electrons. The number of ether oxygens (including phenoxy) is 1. The van der Waals surface area contributed by atoms with Gasteiger partial charge in [0.2, 0.25) is 5.95 Å². The fraction of sp³-hybridized carbons (Fsp3) is 0.350. The van der Waals surface area contributed by atoms with Crippen LogP contribution in [0.5, 0.6) is 0 Å². The Balaban J connectivity index is 1.51. The van der Waals surface area contributed by atoms with Crippen LogP contribution in [-0.2, 0) is 10.9 Å². The largest absolute Gasteiger partial charge is 0.447 e. The van der Waals surface area contributed by atoms with Crippen molar-refractivity contribution in [2.75, 3.05) is 16.8 Å². The van der Waals surface area contributed by atoms with Gasteiger partial charge >= 0.3 is 12.3 Å². The van der Waals surface area contributed by atoms with Crippen molar-refractivity contribution in [2.24, 2.45) is 0 Å². The quantitative estimate of drug-likeness (QED) is 0.501. The van der Waals surface area contributed by atoms with Crippen molar-refractivity contribution in [3.8, 4) is 10.6 Å². The van der Waals surface area contributed by atoms with Crippen LogP contribution in [0.2, 0.25) is 0 Å². The average Bonchev–Trinajstić information content (AvgIpc) is 3.41. The zero-order valence-corrected chi connectivity index (χ0v) is 18.2. The summed E-state index contributed by atoms with van der Waals surface area (Å²) in [5.41, 5.74) is -0.688. The second-order valence-corrected chi connectivity index (χ2v) is 8.35. The predicted molar refractivity (Wildman–Crippen MR) is 113 cm³/mol. The van der Waals surface area contributed by atoms with Crippen LogP contribution in [0.15, 0.2) is 36.8 Å². The van der Waals surface area contributed by atoms with E-state index in [2.05, 4.69) is 25.3 Å². The number of hydrogen-bond acceptors (Lipinski definition) is 8. The lowest BCUT2D eigenvalue weighted by molar-refractivity contribution is -0.141. The molecule has 1 amide bonds. The Morgan fingerprint density at radius 1 is 1.21 bits per heavy atom. The van der Waals surface area contributed by atoms with Gasteiger partial charge in [-0.25, -0.2) is 19.2 Å². The van der Waals surface area contributed by atoms with E-state index in [0.29, 0.717) is 10.6 Å². The van der Waals surface area contributed by atoms with Gasteiger partial charge in [0.25, 0.3) is 0 Å². The average molecular weight is 482 g/mol. The number of amides is 1. The number of alkyl halides is 4. The molecule has 0 bridgehead atoms. The third-order valence-corrected chi connectivity index (χ3v) is 6.15. The molecular weight excluding hydrogens is 464 g/mol. The van der Waals surface area contributed by atoms with Crippen molar-refractivity contribution in [1.29, 1.82) is 0 Å². The van der Waals surface area contributed by atoms with Crippen molar-refractivity contribution in [1.82, 2.24) is 19.9 Å². The molecule has 1 N–H and O–H groups in total. The van der Waals surface area contributed by atoms with Crippen molar-refractivity contribution in [3.63, 3.8) is 0 Å². The van der Waals surface area contributed by atoms with Crippen LogP contribution >= 0.6 is 11.3 Å². The van der Waals surface area contributed by atoms with Gasteiger partial charge in [-0.3, -0.25) is 9.88 Å². The van der Waals surface area contributed by atoms with E-state index in [0.717, 1.165) is 22.0 Å². The van der Waals surface area contributed by atoms with Gasteiger partial charge in [-0.15, -0.1) is 11.3 Å². The van der Waals surface area contributed by atoms with Gasteiger partial charge in [0.15, 0.2) is 0 Å². The molecule has 13 heteroatoms. The smallest absolute Gasteiger partial charge is 0.433 e. The molecule has 1 aliphatic heterocycles. The number of anilines is 2. The van der Waals surface area contributed by atoms with Crippen molar-refractivity contribution in [3.05, 3.63) is 47.4 Å². The summed E-state index contributed by atoms with van der Waals surface area (Å²) in [7, 11) is 0. The van der Waals surface area contributed by atoms with E-state index in [4.69, 9.17) is 4.74 Å². The number of nitrogens with zero attached hydrogens (tertiary/aromatic N) is 5. The highest BCUT2D eigenvalue weighted by molar-refractivity contribution is 7.15. The summed E-state index contributed by atoms with van der Waals surface area (Å²) in [6.45, 7) is 3.07. The third kappa shape index (κ3) is 4.87. The minimum absolute atomic E-state index is 0.0750. The summed E-state index contributed by atoms with van der Waals surface area (Å²) in [6, 6.07) is 2.75. The molecular formula is C20H18F4N6O2S. The summed E-state index contributed by atoms with van der Waals surface area (Å²) in [6.07, 6.45) is -2.48. The second-order valence-electron chi connectivity index (χ2n) is 7.29. The summed E-state index contributed by atoms with van der Waals surface area (Å²) < 4.78 is 57.6. The first-order valence-corrected chi connectivity index (χ1v) is 10.6. The molecule has 8 nitrogen and oxygen atoms in total. The molecule has 3 aromatic rings. The molecule has 0 aliphatic carbocycles. The molecule has 0 radical (unpaired) electrons. The van der Waals surface area contributed by atoms with E-state index >= 15 is 0 Å². The molecule has 33 heavy (non-hydrogen) atoms. The molecule has 1 fully saturated rings. The maximum Gasteiger partial charge on any atom is 0.433 e. The number of hydrogen-bond donors (Lipinski definition) is 1. The van der Waals surface area contributed by atoms with Gasteiger partial charge in [0, 0.05) is 29.0 Å². The van der Waals surface area contributed by atoms with Gasteiger partial charge in [0.1, 0.15) is 35.3 Å². The molecule has 0 spiro atoms. The SMILES string of the molecule is C[C@H](Nc1nccc(N2C(=O)OCC2[C@H](C)F)n1)c1cnc(-c2ccnc(C(F)(F)F)c2)s1. The van der Waals surface area contributed by atoms with Gasteiger partial charge in [-0.2, -0.15) is 18.2 Å². The number of carbonyl (C=O) groups excluding carboxylic acids is 1. The molecule has 1 aliphatic rings. The van der Waals surface area contributed by atoms with Crippen LogP contribution in [0.3, 0.4) is 0 Å². The number of rotatable bonds is 6. The summed E-state index contributed by atoms with van der Waals surface area (Å²) >= 11 is 1.21. The normalized spacial score (nSPS) is 18.2. The van der Waals surface area contributed by atoms with Crippen molar-refractivity contribution < 1.29 is 27.1 Å². The van der Waals surface area contributed by atoms with Crippen LogP contribution < -0.4 is 10.2 Å². The third-order valence-electron chi connectivity index (χ3n) is 4.92. The topological polar surface area (TPSA) is 93.1 Å². The maximum atomic E-state index is 13.9. The molecule has 0 aromatic carbocycles. The summed E-state index contributed by atoms with van der Waals surface area (Å²) in [4.78, 5) is 29.9. The van der Waals surface area contributed by atoms with E-state index in [9.17, 15) is 22.4 Å². The molecule has 4 rings (SSSR count). The Morgan fingerprint density at radius 3 is 2.70 bits per heavy atom. The molecule has 1 saturated heterocycles. The maximum absolute atomic E-state index is 13.9. The lowest BCUT2D eigenvalue weighted by Gasteiger charge is -2.22. The number of aromatic nitrogens is 4. The molecule has 1 unspecified atom stereocenters. The van der Waals surface area contributed by atoms with E-state index in [1.54, 1.807) is 13.1 Å². The second kappa shape index (κ2) is 8.89. The Bertz CT molecular complexity index is 1160. The molecule has 3 atom stereocenters. The van der Waals surface area contributed by atoms with E-state index < -0.39 is 30.2 Å². The Hall–Kier alpha value is -3.35. The first kappa shape index (κ1) is 22.8. The molecule has 4 heterocycles. The Morgan fingerprint density at radius 2 is 1.97 bits per heavy atom. The van der Waals surface area contributed by atoms with Crippen LogP contribution in [0.1, 0.15) is 30.5 Å². The number of thiazole rings is 1. The standard InChI is InChI=1S/C20H18F4N6O2S/c1-10(21)13-9-32-19(31)30(13)16-4-6-26-18(29-16)28-11(2)14-8-27-17(33-14)12-3-5-25-15(7-12)20(22,23)24/h3-8,10-11,13H,9H2,1-2H3,(H,26,28,29)/t10-,11-,13?/m0/s1. The lowest BCUT2D eigenvalue weighted by atomic mass is 10.2. The Kier molecular flexibility index (Phi) is 6.15. The number of cyclic esters (lactones) is 1. The van der Waals surface area contributed by atoms with E-state index in [-0.39, 0.29) is 24.4 Å². The fourth-order valence-corrected chi connectivity index (χ4v) is 4.11. The first-order chi connectivity index (χ1) is 15.6. The Labute approximate surface area is 189 Å². The highest BCUT2D eigenvalue weighted by Gasteiger charge is 2.39. The molecule has 0 saturated carbocycles. The van der Waals surface area contributed by atoms with Crippen LogP contribution in [0.4, 0.5) is 34.1 Å². The first-order valence-electron chi connectivity index (χ1n) is 9.82.